The Bertz CT molecular complexity index is 877. The third-order valence-electron chi connectivity index (χ3n) is 4.17. The van der Waals surface area contributed by atoms with E-state index in [1.807, 2.05) is 0 Å². The zero-order chi connectivity index (χ0) is 19.4. The van der Waals surface area contributed by atoms with Crippen molar-refractivity contribution in [3.63, 3.8) is 0 Å². The minimum absolute atomic E-state index is 0.0573. The average Bonchev–Trinajstić information content (AvgIpc) is 3.17. The molecule has 0 saturated carbocycles. The van der Waals surface area contributed by atoms with E-state index in [9.17, 15) is 18.8 Å². The molecule has 8 heteroatoms. The predicted octanol–water partition coefficient (Wildman–Crippen LogP) is 3.44. The Morgan fingerprint density at radius 1 is 1.19 bits per heavy atom. The number of halogens is 1. The molecule has 0 saturated heterocycles. The second kappa shape index (κ2) is 8.30. The molecule has 0 radical (unpaired) electrons. The molecule has 1 aromatic carbocycles. The molecule has 3 rings (SSSR count). The summed E-state index contributed by atoms with van der Waals surface area (Å²) < 4.78 is 17.7. The summed E-state index contributed by atoms with van der Waals surface area (Å²) in [5.74, 6) is -1.26. The molecule has 6 nitrogen and oxygen atoms in total. The van der Waals surface area contributed by atoms with Gasteiger partial charge < -0.3 is 10.1 Å². The molecule has 3 amide bonds. The van der Waals surface area contributed by atoms with E-state index in [0.29, 0.717) is 16.1 Å². The fraction of sp³-hybridized carbons (Fsp3) is 0.316. The number of anilines is 1. The Morgan fingerprint density at radius 2 is 1.93 bits per heavy atom. The van der Waals surface area contributed by atoms with Gasteiger partial charge in [-0.15, -0.1) is 11.3 Å². The number of alkyl carbamates (subject to hydrolysis) is 1. The van der Waals surface area contributed by atoms with Gasteiger partial charge in [0.2, 0.25) is 5.91 Å². The topological polar surface area (TPSA) is 84.5 Å². The van der Waals surface area contributed by atoms with Crippen LogP contribution in [0.3, 0.4) is 0 Å². The molecule has 0 unspecified atom stereocenters. The largest absolute Gasteiger partial charge is 0.450 e. The van der Waals surface area contributed by atoms with Gasteiger partial charge in [-0.3, -0.25) is 14.9 Å². The zero-order valence-electron chi connectivity index (χ0n) is 14.8. The van der Waals surface area contributed by atoms with Gasteiger partial charge in [-0.25, -0.2) is 9.18 Å². The number of ether oxygens (including phenoxy) is 1. The highest BCUT2D eigenvalue weighted by molar-refractivity contribution is 7.17. The van der Waals surface area contributed by atoms with Crippen LogP contribution >= 0.6 is 11.3 Å². The van der Waals surface area contributed by atoms with Crippen molar-refractivity contribution in [3.05, 3.63) is 51.7 Å². The van der Waals surface area contributed by atoms with Crippen LogP contribution in [-0.2, 0) is 28.8 Å². The van der Waals surface area contributed by atoms with Gasteiger partial charge in [-0.1, -0.05) is 12.1 Å². The quantitative estimate of drug-likeness (QED) is 0.819. The van der Waals surface area contributed by atoms with Gasteiger partial charge in [0.1, 0.15) is 10.8 Å². The van der Waals surface area contributed by atoms with E-state index >= 15 is 0 Å². The molecule has 1 heterocycles. The second-order valence-corrected chi connectivity index (χ2v) is 7.19. The molecule has 2 aromatic rings. The molecule has 0 fully saturated rings. The Morgan fingerprint density at radius 3 is 2.63 bits per heavy atom. The van der Waals surface area contributed by atoms with Crippen molar-refractivity contribution >= 4 is 34.2 Å². The Labute approximate surface area is 159 Å². The number of amides is 3. The lowest BCUT2D eigenvalue weighted by atomic mass is 10.1. The van der Waals surface area contributed by atoms with Crippen LogP contribution in [0.5, 0.6) is 0 Å². The van der Waals surface area contributed by atoms with Crippen LogP contribution in [0.4, 0.5) is 14.2 Å². The third-order valence-corrected chi connectivity index (χ3v) is 5.38. The van der Waals surface area contributed by atoms with Gasteiger partial charge in [-0.2, -0.15) is 0 Å². The normalized spacial score (nSPS) is 12.4. The standard InChI is InChI=1S/C19H19FN2O4S/c1-2-26-19(25)22-17(24)16-13-4-3-5-14(13)27-18(16)21-15(23)10-11-6-8-12(20)9-7-11/h6-9H,2-5,10H2,1H3,(H,21,23)(H,22,24,25). The number of fused-ring (bicyclic) bond motifs is 1. The van der Waals surface area contributed by atoms with Crippen molar-refractivity contribution in [2.24, 2.45) is 0 Å². The molecule has 0 aliphatic heterocycles. The van der Waals surface area contributed by atoms with Gasteiger partial charge in [0.05, 0.1) is 18.6 Å². The maximum atomic E-state index is 13.0. The van der Waals surface area contributed by atoms with Crippen LogP contribution in [0.1, 0.15) is 39.7 Å². The summed E-state index contributed by atoms with van der Waals surface area (Å²) in [6.45, 7) is 1.80. The number of aryl methyl sites for hydroxylation is 1. The van der Waals surface area contributed by atoms with E-state index < -0.39 is 12.0 Å². The number of hydrogen-bond donors (Lipinski definition) is 2. The molecule has 142 valence electrons. The molecule has 1 aromatic heterocycles. The molecule has 2 N–H and O–H groups in total. The fourth-order valence-electron chi connectivity index (χ4n) is 3.01. The van der Waals surface area contributed by atoms with E-state index in [4.69, 9.17) is 4.74 Å². The van der Waals surface area contributed by atoms with Crippen LogP contribution in [0, 0.1) is 5.82 Å². The molecular formula is C19H19FN2O4S. The van der Waals surface area contributed by atoms with Crippen molar-refractivity contribution in [1.29, 1.82) is 0 Å². The van der Waals surface area contributed by atoms with E-state index in [2.05, 4.69) is 10.6 Å². The summed E-state index contributed by atoms with van der Waals surface area (Å²) in [6.07, 6.45) is 1.75. The fourth-order valence-corrected chi connectivity index (χ4v) is 4.32. The maximum absolute atomic E-state index is 13.0. The maximum Gasteiger partial charge on any atom is 0.414 e. The van der Waals surface area contributed by atoms with Gasteiger partial charge >= 0.3 is 6.09 Å². The minimum atomic E-state index is -0.816. The van der Waals surface area contributed by atoms with E-state index in [1.165, 1.54) is 35.6 Å². The van der Waals surface area contributed by atoms with E-state index in [1.54, 1.807) is 6.92 Å². The molecule has 0 spiro atoms. The van der Waals surface area contributed by atoms with Crippen LogP contribution in [0.2, 0.25) is 0 Å². The monoisotopic (exact) mass is 390 g/mol. The number of thiophene rings is 1. The summed E-state index contributed by atoms with van der Waals surface area (Å²) >= 11 is 1.35. The molecular weight excluding hydrogens is 371 g/mol. The molecule has 0 bridgehead atoms. The first-order valence-corrected chi connectivity index (χ1v) is 9.46. The first kappa shape index (κ1) is 19.0. The molecule has 27 heavy (non-hydrogen) atoms. The highest BCUT2D eigenvalue weighted by Gasteiger charge is 2.28. The summed E-state index contributed by atoms with van der Waals surface area (Å²) in [5.41, 5.74) is 1.86. The summed E-state index contributed by atoms with van der Waals surface area (Å²) in [6, 6.07) is 5.66. The van der Waals surface area contributed by atoms with Gasteiger partial charge in [-0.05, 0) is 49.4 Å². The first-order chi connectivity index (χ1) is 13.0. The van der Waals surface area contributed by atoms with Crippen LogP contribution < -0.4 is 10.6 Å². The Hall–Kier alpha value is -2.74. The highest BCUT2D eigenvalue weighted by atomic mass is 32.1. The van der Waals surface area contributed by atoms with Crippen molar-refractivity contribution in [1.82, 2.24) is 5.32 Å². The first-order valence-electron chi connectivity index (χ1n) is 8.65. The smallest absolute Gasteiger partial charge is 0.414 e. The van der Waals surface area contributed by atoms with Crippen LogP contribution in [0.15, 0.2) is 24.3 Å². The van der Waals surface area contributed by atoms with E-state index in [0.717, 1.165) is 29.7 Å². The van der Waals surface area contributed by atoms with Crippen molar-refractivity contribution in [2.75, 3.05) is 11.9 Å². The summed E-state index contributed by atoms with van der Waals surface area (Å²) in [4.78, 5) is 37.5. The van der Waals surface area contributed by atoms with E-state index in [-0.39, 0.29) is 24.8 Å². The lowest BCUT2D eigenvalue weighted by molar-refractivity contribution is -0.115. The van der Waals surface area contributed by atoms with Gasteiger partial charge in [0, 0.05) is 4.88 Å². The molecule has 1 aliphatic rings. The Kier molecular flexibility index (Phi) is 5.85. The van der Waals surface area contributed by atoms with Crippen molar-refractivity contribution in [3.8, 4) is 0 Å². The number of imide groups is 1. The SMILES string of the molecule is CCOC(=O)NC(=O)c1c(NC(=O)Cc2ccc(F)cc2)sc2c1CCC2. The molecule has 0 atom stereocenters. The zero-order valence-corrected chi connectivity index (χ0v) is 15.6. The second-order valence-electron chi connectivity index (χ2n) is 6.09. The lowest BCUT2D eigenvalue weighted by Crippen LogP contribution is -2.32. The van der Waals surface area contributed by atoms with Gasteiger partial charge in [0.15, 0.2) is 0 Å². The summed E-state index contributed by atoms with van der Waals surface area (Å²) in [5, 5.41) is 5.38. The minimum Gasteiger partial charge on any atom is -0.450 e. The highest BCUT2D eigenvalue weighted by Crippen LogP contribution is 2.39. The van der Waals surface area contributed by atoms with Crippen molar-refractivity contribution < 1.29 is 23.5 Å². The lowest BCUT2D eigenvalue weighted by Gasteiger charge is -2.09. The molecule has 1 aliphatic carbocycles. The predicted molar refractivity (Wildman–Crippen MR) is 99.6 cm³/mol. The van der Waals surface area contributed by atoms with Gasteiger partial charge in [0.25, 0.3) is 5.91 Å². The number of hydrogen-bond acceptors (Lipinski definition) is 5. The number of nitrogens with one attached hydrogen (secondary N) is 2. The number of rotatable bonds is 5. The van der Waals surface area contributed by atoms with Crippen molar-refractivity contribution in [2.45, 2.75) is 32.6 Å². The number of benzene rings is 1. The third kappa shape index (κ3) is 4.51. The number of carbonyl (C=O) groups excluding carboxylic acids is 3. The average molecular weight is 390 g/mol. The Balaban J connectivity index is 1.76. The summed E-state index contributed by atoms with van der Waals surface area (Å²) in [7, 11) is 0. The number of carbonyl (C=O) groups is 3. The van der Waals surface area contributed by atoms with Crippen LogP contribution in [-0.4, -0.2) is 24.5 Å². The van der Waals surface area contributed by atoms with Crippen LogP contribution in [0.25, 0.3) is 0 Å².